The molecule has 12 nitrogen and oxygen atoms in total. The van der Waals surface area contributed by atoms with Crippen LogP contribution in [0.1, 0.15) is 226 Å². The molecule has 0 aromatic carbocycles. The first-order chi connectivity index (χ1) is 30.3. The van der Waals surface area contributed by atoms with E-state index in [9.17, 15) is 24.0 Å². The van der Waals surface area contributed by atoms with Crippen molar-refractivity contribution in [3.05, 3.63) is 0 Å². The molecule has 0 atom stereocenters. The molecule has 362 valence electrons. The zero-order valence-electron chi connectivity index (χ0n) is 40.2. The maximum absolute atomic E-state index is 13.0. The summed E-state index contributed by atoms with van der Waals surface area (Å²) in [5.41, 5.74) is 0. The van der Waals surface area contributed by atoms with E-state index in [1.807, 2.05) is 4.90 Å². The molecule has 3 amide bonds. The lowest BCUT2D eigenvalue weighted by Crippen LogP contribution is -2.33. The monoisotopic (exact) mass is 880 g/mol. The highest BCUT2D eigenvalue weighted by Gasteiger charge is 2.29. The summed E-state index contributed by atoms with van der Waals surface area (Å²) in [6, 6.07) is 0. The molecule has 1 saturated heterocycles. The summed E-state index contributed by atoms with van der Waals surface area (Å²) in [7, 11) is 0. The fourth-order valence-corrected chi connectivity index (χ4v) is 7.83. The summed E-state index contributed by atoms with van der Waals surface area (Å²) < 4.78 is 21.8. The molecular formula is C50H93N3O9. The zero-order chi connectivity index (χ0) is 45.1. The summed E-state index contributed by atoms with van der Waals surface area (Å²) in [4.78, 5) is 66.6. The van der Waals surface area contributed by atoms with E-state index in [0.29, 0.717) is 26.4 Å². The van der Waals surface area contributed by atoms with Gasteiger partial charge in [-0.15, -0.1) is 0 Å². The number of nitrogens with zero attached hydrogens (tertiary/aromatic N) is 3. The number of amides is 3. The van der Waals surface area contributed by atoms with Crippen molar-refractivity contribution in [3.8, 4) is 0 Å². The number of ether oxygens (including phenoxy) is 4. The summed E-state index contributed by atoms with van der Waals surface area (Å²) in [5, 5.41) is 0. The van der Waals surface area contributed by atoms with Crippen LogP contribution in [0.15, 0.2) is 0 Å². The molecule has 12 heteroatoms. The summed E-state index contributed by atoms with van der Waals surface area (Å²) in [6.45, 7) is 12.1. The van der Waals surface area contributed by atoms with E-state index in [4.69, 9.17) is 18.9 Å². The summed E-state index contributed by atoms with van der Waals surface area (Å²) in [6.07, 6.45) is 32.7. The molecule has 1 fully saturated rings. The van der Waals surface area contributed by atoms with Crippen LogP contribution in [-0.2, 0) is 33.3 Å². The SMILES string of the molecule is CCCCCCCCCCCOC(=O)OCCCCCN(CCCCCCCOC(=O)N(CCCCCCCC)CCCCCCCC)CCOC(=O)CCN1C(=O)CCC1=O. The van der Waals surface area contributed by atoms with E-state index in [2.05, 4.69) is 25.7 Å². The van der Waals surface area contributed by atoms with Crippen molar-refractivity contribution >= 4 is 30.0 Å². The average molecular weight is 880 g/mol. The van der Waals surface area contributed by atoms with Crippen molar-refractivity contribution in [3.63, 3.8) is 0 Å². The third-order valence-corrected chi connectivity index (χ3v) is 11.8. The molecule has 0 aromatic rings. The van der Waals surface area contributed by atoms with E-state index >= 15 is 0 Å². The first-order valence-corrected chi connectivity index (χ1v) is 25.7. The lowest BCUT2D eigenvalue weighted by molar-refractivity contribution is -0.145. The van der Waals surface area contributed by atoms with Gasteiger partial charge in [-0.1, -0.05) is 156 Å². The molecule has 0 bridgehead atoms. The quantitative estimate of drug-likeness (QED) is 0.0252. The number of carbonyl (C=O) groups excluding carboxylic acids is 5. The third kappa shape index (κ3) is 33.6. The largest absolute Gasteiger partial charge is 0.508 e. The smallest absolute Gasteiger partial charge is 0.464 e. The van der Waals surface area contributed by atoms with Crippen LogP contribution in [-0.4, -0.2) is 110 Å². The number of hydrogen-bond donors (Lipinski definition) is 0. The van der Waals surface area contributed by atoms with E-state index < -0.39 is 12.1 Å². The molecule has 0 radical (unpaired) electrons. The number of hydrogen-bond acceptors (Lipinski definition) is 10. The molecule has 0 spiro atoms. The molecule has 0 unspecified atom stereocenters. The van der Waals surface area contributed by atoms with Gasteiger partial charge in [0.2, 0.25) is 11.8 Å². The summed E-state index contributed by atoms with van der Waals surface area (Å²) in [5.74, 6) is -0.862. The normalized spacial score (nSPS) is 12.7. The Kier molecular flexibility index (Phi) is 38.8. The fourth-order valence-electron chi connectivity index (χ4n) is 7.83. The molecule has 0 N–H and O–H groups in total. The second-order valence-electron chi connectivity index (χ2n) is 17.5. The maximum Gasteiger partial charge on any atom is 0.508 e. The zero-order valence-corrected chi connectivity index (χ0v) is 40.2. The van der Waals surface area contributed by atoms with Gasteiger partial charge in [0.15, 0.2) is 0 Å². The number of imide groups is 1. The van der Waals surface area contributed by atoms with Gasteiger partial charge in [0, 0.05) is 39.0 Å². The lowest BCUT2D eigenvalue weighted by atomic mass is 10.1. The number of esters is 1. The molecule has 1 aliphatic rings. The third-order valence-electron chi connectivity index (χ3n) is 11.8. The first kappa shape index (κ1) is 57.1. The standard InChI is InChI=1S/C50H93N3O9/c1-4-7-10-13-16-17-18-23-31-43-61-50(58)62-44-32-25-27-37-51(41-45-59-48(56)35-40-53-46(54)33-34-47(53)55)36-26-20-19-24-30-42-60-49(57)52(38-28-21-14-11-8-5-2)39-29-22-15-12-9-6-3/h4-45H2,1-3H3. The Morgan fingerprint density at radius 3 is 1.26 bits per heavy atom. The van der Waals surface area contributed by atoms with Gasteiger partial charge in [-0.3, -0.25) is 24.2 Å². The van der Waals surface area contributed by atoms with Crippen molar-refractivity contribution in [2.24, 2.45) is 0 Å². The van der Waals surface area contributed by atoms with Crippen molar-refractivity contribution in [1.82, 2.24) is 14.7 Å². The molecule has 62 heavy (non-hydrogen) atoms. The number of likely N-dealkylation sites (tertiary alicyclic amines) is 1. The van der Waals surface area contributed by atoms with Gasteiger partial charge in [-0.25, -0.2) is 9.59 Å². The van der Waals surface area contributed by atoms with Crippen LogP contribution in [0.3, 0.4) is 0 Å². The highest BCUT2D eigenvalue weighted by atomic mass is 16.7. The minimum Gasteiger partial charge on any atom is -0.464 e. The Hall–Kier alpha value is -2.89. The van der Waals surface area contributed by atoms with Crippen LogP contribution in [0.5, 0.6) is 0 Å². The van der Waals surface area contributed by atoms with Crippen LogP contribution in [0.25, 0.3) is 0 Å². The molecule has 1 heterocycles. The second-order valence-corrected chi connectivity index (χ2v) is 17.5. The van der Waals surface area contributed by atoms with Gasteiger partial charge in [0.1, 0.15) is 6.61 Å². The van der Waals surface area contributed by atoms with Gasteiger partial charge >= 0.3 is 18.2 Å². The lowest BCUT2D eigenvalue weighted by Gasteiger charge is -2.22. The highest BCUT2D eigenvalue weighted by molar-refractivity contribution is 6.02. The second kappa shape index (κ2) is 42.1. The van der Waals surface area contributed by atoms with E-state index in [1.54, 1.807) is 0 Å². The van der Waals surface area contributed by atoms with E-state index in [0.717, 1.165) is 108 Å². The van der Waals surface area contributed by atoms with Crippen molar-refractivity contribution < 1.29 is 42.9 Å². The van der Waals surface area contributed by atoms with E-state index in [1.165, 1.54) is 109 Å². The van der Waals surface area contributed by atoms with E-state index in [-0.39, 0.29) is 50.3 Å². The van der Waals surface area contributed by atoms with Gasteiger partial charge < -0.3 is 23.8 Å². The molecule has 0 saturated carbocycles. The Morgan fingerprint density at radius 1 is 0.435 bits per heavy atom. The average Bonchev–Trinajstić information content (AvgIpc) is 3.59. The molecule has 1 rings (SSSR count). The number of carbonyl (C=O) groups is 5. The fraction of sp³-hybridized carbons (Fsp3) is 0.900. The Balaban J connectivity index is 2.37. The molecule has 1 aliphatic heterocycles. The topological polar surface area (TPSA) is 132 Å². The van der Waals surface area contributed by atoms with Gasteiger partial charge in [-0.05, 0) is 64.5 Å². The number of unbranched alkanes of at least 4 members (excludes halogenated alkanes) is 24. The molecular weight excluding hydrogens is 787 g/mol. The van der Waals surface area contributed by atoms with Crippen molar-refractivity contribution in [1.29, 1.82) is 0 Å². The van der Waals surface area contributed by atoms with Crippen molar-refractivity contribution in [2.45, 2.75) is 226 Å². The van der Waals surface area contributed by atoms with Crippen LogP contribution < -0.4 is 0 Å². The van der Waals surface area contributed by atoms with Gasteiger partial charge in [-0.2, -0.15) is 0 Å². The Labute approximate surface area is 378 Å². The Bertz CT molecular complexity index is 1090. The van der Waals surface area contributed by atoms with Crippen LogP contribution in [0.4, 0.5) is 9.59 Å². The summed E-state index contributed by atoms with van der Waals surface area (Å²) >= 11 is 0. The highest BCUT2D eigenvalue weighted by Crippen LogP contribution is 2.14. The number of rotatable bonds is 44. The van der Waals surface area contributed by atoms with Crippen LogP contribution >= 0.6 is 0 Å². The first-order valence-electron chi connectivity index (χ1n) is 25.7. The maximum atomic E-state index is 13.0. The van der Waals surface area contributed by atoms with Crippen LogP contribution in [0, 0.1) is 0 Å². The van der Waals surface area contributed by atoms with Crippen LogP contribution in [0.2, 0.25) is 0 Å². The predicted molar refractivity (Wildman–Crippen MR) is 249 cm³/mol. The van der Waals surface area contributed by atoms with Gasteiger partial charge in [0.05, 0.1) is 26.2 Å². The van der Waals surface area contributed by atoms with Gasteiger partial charge in [0.25, 0.3) is 0 Å². The van der Waals surface area contributed by atoms with Crippen molar-refractivity contribution in [2.75, 3.05) is 65.7 Å². The molecule has 0 aromatic heterocycles. The predicted octanol–water partition coefficient (Wildman–Crippen LogP) is 12.3. The Morgan fingerprint density at radius 2 is 0.806 bits per heavy atom. The molecule has 0 aliphatic carbocycles. The minimum atomic E-state index is -0.585. The minimum absolute atomic E-state index is 0.00466.